The average Bonchev–Trinajstić information content (AvgIpc) is 2.71. The molecule has 1 aromatic heterocycles. The van der Waals surface area contributed by atoms with Crippen LogP contribution in [0.5, 0.6) is 0 Å². The summed E-state index contributed by atoms with van der Waals surface area (Å²) in [5.41, 5.74) is 2.38. The molecule has 1 fully saturated rings. The van der Waals surface area contributed by atoms with Crippen LogP contribution in [0, 0.1) is 6.92 Å². The smallest absolute Gasteiger partial charge is 0.219 e. The van der Waals surface area contributed by atoms with Crippen LogP contribution in [0.1, 0.15) is 62.5 Å². The molecule has 1 aromatic rings. The maximum absolute atomic E-state index is 11.3. The first-order valence-corrected chi connectivity index (χ1v) is 6.72. The molecule has 0 N–H and O–H groups in total. The molecule has 0 aliphatic carbocycles. The van der Waals surface area contributed by atoms with Gasteiger partial charge in [0, 0.05) is 31.5 Å². The molecule has 0 radical (unpaired) electrons. The molecule has 1 saturated heterocycles. The highest BCUT2D eigenvalue weighted by molar-refractivity contribution is 5.73. The number of carbonyl (C=O) groups is 1. The summed E-state index contributed by atoms with van der Waals surface area (Å²) in [5.74, 6) is 2.00. The van der Waals surface area contributed by atoms with Gasteiger partial charge in [-0.15, -0.1) is 0 Å². The Bertz CT molecular complexity index is 429. The van der Waals surface area contributed by atoms with Crippen LogP contribution in [-0.2, 0) is 4.79 Å². The van der Waals surface area contributed by atoms with Crippen molar-refractivity contribution in [2.75, 3.05) is 13.1 Å². The van der Waals surface area contributed by atoms with Gasteiger partial charge in [-0.3, -0.25) is 4.79 Å². The van der Waals surface area contributed by atoms with Gasteiger partial charge in [0.15, 0.2) is 0 Å². The molecular weight excluding hydrogens is 228 g/mol. The maximum Gasteiger partial charge on any atom is 0.219 e. The Kier molecular flexibility index (Phi) is 3.73. The van der Waals surface area contributed by atoms with Crippen LogP contribution in [-0.4, -0.2) is 29.1 Å². The van der Waals surface area contributed by atoms with Crippen molar-refractivity contribution in [2.45, 2.75) is 52.4 Å². The summed E-state index contributed by atoms with van der Waals surface area (Å²) in [5, 5.41) is 4.25. The molecule has 100 valence electrons. The van der Waals surface area contributed by atoms with E-state index in [0.717, 1.165) is 37.4 Å². The zero-order valence-electron chi connectivity index (χ0n) is 11.7. The van der Waals surface area contributed by atoms with Crippen LogP contribution in [0.3, 0.4) is 0 Å². The van der Waals surface area contributed by atoms with Crippen LogP contribution < -0.4 is 0 Å². The van der Waals surface area contributed by atoms with Crippen LogP contribution in [0.25, 0.3) is 0 Å². The van der Waals surface area contributed by atoms with Crippen molar-refractivity contribution in [2.24, 2.45) is 0 Å². The monoisotopic (exact) mass is 250 g/mol. The fourth-order valence-corrected chi connectivity index (χ4v) is 2.86. The highest BCUT2D eigenvalue weighted by atomic mass is 16.5. The lowest BCUT2D eigenvalue weighted by atomic mass is 9.87. The fraction of sp³-hybridized carbons (Fsp3) is 0.714. The largest absolute Gasteiger partial charge is 0.361 e. The third-order valence-corrected chi connectivity index (χ3v) is 3.84. The minimum absolute atomic E-state index is 0.175. The third-order valence-electron chi connectivity index (χ3n) is 3.84. The van der Waals surface area contributed by atoms with Crippen LogP contribution in [0.2, 0.25) is 0 Å². The number of hydrogen-bond acceptors (Lipinski definition) is 3. The number of likely N-dealkylation sites (tertiary alicyclic amines) is 1. The van der Waals surface area contributed by atoms with E-state index in [1.807, 2.05) is 11.8 Å². The van der Waals surface area contributed by atoms with Gasteiger partial charge in [-0.05, 0) is 25.7 Å². The number of nitrogens with zero attached hydrogens (tertiary/aromatic N) is 2. The molecule has 0 saturated carbocycles. The van der Waals surface area contributed by atoms with E-state index in [2.05, 4.69) is 19.0 Å². The summed E-state index contributed by atoms with van der Waals surface area (Å²) in [6.07, 6.45) is 1.98. The van der Waals surface area contributed by atoms with E-state index in [9.17, 15) is 4.79 Å². The van der Waals surface area contributed by atoms with E-state index in [0.29, 0.717) is 11.8 Å². The number of amides is 1. The molecule has 0 atom stereocenters. The molecule has 1 aliphatic rings. The number of aromatic nitrogens is 1. The lowest BCUT2D eigenvalue weighted by Gasteiger charge is -2.30. The highest BCUT2D eigenvalue weighted by Gasteiger charge is 2.28. The number of piperidine rings is 1. The Morgan fingerprint density at radius 3 is 2.50 bits per heavy atom. The van der Waals surface area contributed by atoms with E-state index in [-0.39, 0.29) is 5.91 Å². The van der Waals surface area contributed by atoms with Gasteiger partial charge in [0.2, 0.25) is 5.91 Å². The molecule has 2 heterocycles. The first kappa shape index (κ1) is 13.1. The Labute approximate surface area is 108 Å². The minimum atomic E-state index is 0.175. The lowest BCUT2D eigenvalue weighted by molar-refractivity contribution is -0.129. The van der Waals surface area contributed by atoms with E-state index < -0.39 is 0 Å². The van der Waals surface area contributed by atoms with Gasteiger partial charge in [-0.2, -0.15) is 0 Å². The number of carbonyl (C=O) groups excluding carboxylic acids is 1. The maximum atomic E-state index is 11.3. The van der Waals surface area contributed by atoms with Crippen molar-refractivity contribution >= 4 is 5.91 Å². The first-order valence-electron chi connectivity index (χ1n) is 6.72. The standard InChI is InChI=1S/C14H22N2O2/c1-9(2)13-10(3)18-15-14(13)12-5-7-16(8-6-12)11(4)17/h9,12H,5-8H2,1-4H3. The Morgan fingerprint density at radius 1 is 1.39 bits per heavy atom. The zero-order valence-corrected chi connectivity index (χ0v) is 11.7. The molecule has 0 unspecified atom stereocenters. The van der Waals surface area contributed by atoms with Gasteiger partial charge in [0.1, 0.15) is 5.76 Å². The van der Waals surface area contributed by atoms with E-state index in [4.69, 9.17) is 4.52 Å². The van der Waals surface area contributed by atoms with Crippen molar-refractivity contribution in [1.82, 2.24) is 10.1 Å². The number of hydrogen-bond donors (Lipinski definition) is 0. The van der Waals surface area contributed by atoms with Crippen LogP contribution >= 0.6 is 0 Å². The summed E-state index contributed by atoms with van der Waals surface area (Å²) >= 11 is 0. The molecule has 1 amide bonds. The average molecular weight is 250 g/mol. The second-order valence-electron chi connectivity index (χ2n) is 5.47. The quantitative estimate of drug-likeness (QED) is 0.810. The van der Waals surface area contributed by atoms with Crippen molar-refractivity contribution in [3.63, 3.8) is 0 Å². The van der Waals surface area contributed by atoms with Crippen LogP contribution in [0.15, 0.2) is 4.52 Å². The van der Waals surface area contributed by atoms with Gasteiger partial charge in [-0.1, -0.05) is 19.0 Å². The molecule has 0 bridgehead atoms. The number of rotatable bonds is 2. The molecule has 4 nitrogen and oxygen atoms in total. The van der Waals surface area contributed by atoms with Gasteiger partial charge in [-0.25, -0.2) is 0 Å². The number of aryl methyl sites for hydroxylation is 1. The van der Waals surface area contributed by atoms with E-state index in [1.54, 1.807) is 6.92 Å². The van der Waals surface area contributed by atoms with Gasteiger partial charge >= 0.3 is 0 Å². The Hall–Kier alpha value is -1.32. The summed E-state index contributed by atoms with van der Waals surface area (Å²) in [7, 11) is 0. The van der Waals surface area contributed by atoms with Gasteiger partial charge in [0.25, 0.3) is 0 Å². The van der Waals surface area contributed by atoms with Crippen molar-refractivity contribution < 1.29 is 9.32 Å². The second kappa shape index (κ2) is 5.12. The van der Waals surface area contributed by atoms with Crippen molar-refractivity contribution in [3.8, 4) is 0 Å². The van der Waals surface area contributed by atoms with E-state index >= 15 is 0 Å². The predicted molar refractivity (Wildman–Crippen MR) is 69.6 cm³/mol. The highest BCUT2D eigenvalue weighted by Crippen LogP contribution is 2.34. The first-order chi connectivity index (χ1) is 8.50. The molecule has 18 heavy (non-hydrogen) atoms. The van der Waals surface area contributed by atoms with Crippen LogP contribution in [0.4, 0.5) is 0 Å². The summed E-state index contributed by atoms with van der Waals surface area (Å²) in [4.78, 5) is 13.2. The normalized spacial score (nSPS) is 17.5. The molecule has 4 heteroatoms. The Balaban J connectivity index is 2.12. The predicted octanol–water partition coefficient (Wildman–Crippen LogP) is 2.83. The fourth-order valence-electron chi connectivity index (χ4n) is 2.86. The molecule has 1 aliphatic heterocycles. The second-order valence-corrected chi connectivity index (χ2v) is 5.47. The molecular formula is C14H22N2O2. The Morgan fingerprint density at radius 2 is 2.00 bits per heavy atom. The summed E-state index contributed by atoms with van der Waals surface area (Å²) in [6.45, 7) is 9.64. The van der Waals surface area contributed by atoms with Gasteiger partial charge in [0.05, 0.1) is 5.69 Å². The van der Waals surface area contributed by atoms with Gasteiger partial charge < -0.3 is 9.42 Å². The SMILES string of the molecule is CC(=O)N1CCC(c2noc(C)c2C(C)C)CC1. The molecule has 0 aromatic carbocycles. The van der Waals surface area contributed by atoms with E-state index in [1.165, 1.54) is 5.56 Å². The molecule has 2 rings (SSSR count). The molecule has 0 spiro atoms. The minimum Gasteiger partial charge on any atom is -0.361 e. The van der Waals surface area contributed by atoms with Crippen molar-refractivity contribution in [3.05, 3.63) is 17.0 Å². The zero-order chi connectivity index (χ0) is 13.3. The third kappa shape index (κ3) is 2.42. The summed E-state index contributed by atoms with van der Waals surface area (Å²) in [6, 6.07) is 0. The lowest BCUT2D eigenvalue weighted by Crippen LogP contribution is -2.36. The summed E-state index contributed by atoms with van der Waals surface area (Å²) < 4.78 is 5.35. The topological polar surface area (TPSA) is 46.3 Å². The van der Waals surface area contributed by atoms with Crippen molar-refractivity contribution in [1.29, 1.82) is 0 Å².